The molecule has 3 rings (SSSR count). The molecule has 0 fully saturated rings. The topological polar surface area (TPSA) is 108 Å². The molecule has 25 heavy (non-hydrogen) atoms. The summed E-state index contributed by atoms with van der Waals surface area (Å²) in [6.45, 7) is 3.51. The van der Waals surface area contributed by atoms with E-state index in [4.69, 9.17) is 11.5 Å². The molecule has 0 aliphatic rings. The molecule has 0 radical (unpaired) electrons. The van der Waals surface area contributed by atoms with Crippen molar-refractivity contribution in [3.63, 3.8) is 0 Å². The van der Waals surface area contributed by atoms with Crippen molar-refractivity contribution in [2.45, 2.75) is 19.9 Å². The van der Waals surface area contributed by atoms with Crippen LogP contribution in [0.1, 0.15) is 12.5 Å². The van der Waals surface area contributed by atoms with Crippen LogP contribution in [-0.4, -0.2) is 16.9 Å². The summed E-state index contributed by atoms with van der Waals surface area (Å²) in [6, 6.07) is 9.98. The summed E-state index contributed by atoms with van der Waals surface area (Å²) in [6.07, 6.45) is 0. The summed E-state index contributed by atoms with van der Waals surface area (Å²) in [7, 11) is 0. The van der Waals surface area contributed by atoms with Crippen LogP contribution in [0.25, 0.3) is 20.8 Å². The molecule has 0 aliphatic carbocycles. The van der Waals surface area contributed by atoms with Gasteiger partial charge in [-0.05, 0) is 49.7 Å². The van der Waals surface area contributed by atoms with Crippen LogP contribution in [-0.2, 0) is 4.79 Å². The Labute approximate surface area is 155 Å². The fraction of sp³-hybridized carbons (Fsp3) is 0.176. The Hall–Kier alpha value is -2.22. The molecule has 1 atom stereocenters. The van der Waals surface area contributed by atoms with Gasteiger partial charge in [-0.2, -0.15) is 0 Å². The van der Waals surface area contributed by atoms with Crippen molar-refractivity contribution in [3.8, 4) is 10.6 Å². The minimum Gasteiger partial charge on any atom is -0.399 e. The molecule has 3 aromatic rings. The second-order valence-electron chi connectivity index (χ2n) is 5.39. The highest BCUT2D eigenvalue weighted by atomic mass is 35.5. The van der Waals surface area contributed by atoms with E-state index in [1.807, 2.05) is 25.1 Å². The van der Waals surface area contributed by atoms with Crippen molar-refractivity contribution in [2.75, 3.05) is 5.73 Å². The lowest BCUT2D eigenvalue weighted by Gasteiger charge is -2.01. The minimum absolute atomic E-state index is 0. The maximum absolute atomic E-state index is 13.1. The Morgan fingerprint density at radius 1 is 1.24 bits per heavy atom. The Morgan fingerprint density at radius 3 is 2.44 bits per heavy atom. The number of aromatic nitrogens is 1. The molecule has 1 aromatic heterocycles. The number of carbonyl (C=O) groups excluding carboxylic acids is 1. The fourth-order valence-electron chi connectivity index (χ4n) is 1.83. The first-order chi connectivity index (χ1) is 11.3. The van der Waals surface area contributed by atoms with Crippen LogP contribution in [0.3, 0.4) is 0 Å². The number of halogens is 2. The van der Waals surface area contributed by atoms with Crippen molar-refractivity contribution in [3.05, 3.63) is 47.8 Å². The third-order valence-corrected chi connectivity index (χ3v) is 4.40. The molecule has 0 bridgehead atoms. The summed E-state index contributed by atoms with van der Waals surface area (Å²) in [4.78, 5) is 14.2. The van der Waals surface area contributed by atoms with Gasteiger partial charge in [-0.15, -0.1) is 23.7 Å². The number of amides is 1. The zero-order valence-electron chi connectivity index (χ0n) is 13.8. The third-order valence-electron chi connectivity index (χ3n) is 3.32. The van der Waals surface area contributed by atoms with Crippen molar-refractivity contribution in [1.82, 2.24) is 4.98 Å². The van der Waals surface area contributed by atoms with E-state index in [1.165, 1.54) is 12.1 Å². The average molecular weight is 383 g/mol. The zero-order valence-corrected chi connectivity index (χ0v) is 15.5. The number of thiazole rings is 1. The number of hydrogen-bond donors (Lipinski definition) is 3. The number of aryl methyl sites for hydroxylation is 1. The summed E-state index contributed by atoms with van der Waals surface area (Å²) in [5.41, 5.74) is 18.9. The van der Waals surface area contributed by atoms with E-state index >= 15 is 0 Å². The van der Waals surface area contributed by atoms with Gasteiger partial charge in [0, 0.05) is 17.3 Å². The molecule has 0 aliphatic heterocycles. The lowest BCUT2D eigenvalue weighted by atomic mass is 10.1. The Bertz CT molecular complexity index is 882. The number of nitrogens with two attached hydrogens (primary N) is 3. The second-order valence-corrected chi connectivity index (χ2v) is 6.42. The standard InChI is InChI=1S/C14H11FN2S.C3H8N2O.ClH/c1-8-6-9(2-4-11(8)16)14-17-12-7-10(15)3-5-13(12)18-14;1-2(4)3(5)6;/h2-7H,16H2,1H3;2H,4H2,1H3,(H2,5,6);1H/t;2-;/m.0./s1. The number of rotatable bonds is 2. The second kappa shape index (κ2) is 8.75. The molecule has 1 heterocycles. The zero-order chi connectivity index (χ0) is 17.9. The molecule has 5 nitrogen and oxygen atoms in total. The van der Waals surface area contributed by atoms with Gasteiger partial charge in [0.05, 0.1) is 16.3 Å². The van der Waals surface area contributed by atoms with Crippen LogP contribution >= 0.6 is 23.7 Å². The lowest BCUT2D eigenvalue weighted by molar-refractivity contribution is -0.118. The van der Waals surface area contributed by atoms with Crippen LogP contribution in [0.15, 0.2) is 36.4 Å². The van der Waals surface area contributed by atoms with Gasteiger partial charge in [0.2, 0.25) is 5.91 Å². The van der Waals surface area contributed by atoms with Crippen molar-refractivity contribution in [2.24, 2.45) is 11.5 Å². The largest absolute Gasteiger partial charge is 0.399 e. The molecule has 0 unspecified atom stereocenters. The summed E-state index contributed by atoms with van der Waals surface area (Å²) in [5.74, 6) is -0.720. The Morgan fingerprint density at radius 2 is 1.88 bits per heavy atom. The Balaban J connectivity index is 0.000000390. The molecule has 134 valence electrons. The Kier molecular flexibility index (Phi) is 7.29. The van der Waals surface area contributed by atoms with Crippen LogP contribution in [0, 0.1) is 12.7 Å². The van der Waals surface area contributed by atoms with Gasteiger partial charge in [-0.25, -0.2) is 9.37 Å². The molecule has 8 heteroatoms. The number of benzene rings is 2. The molecule has 0 saturated heterocycles. The minimum atomic E-state index is -0.509. The smallest absolute Gasteiger partial charge is 0.234 e. The third kappa shape index (κ3) is 5.38. The van der Waals surface area contributed by atoms with E-state index in [0.29, 0.717) is 5.52 Å². The SMILES string of the molecule is C[C@H](N)C(N)=O.Cc1cc(-c2nc3cc(F)ccc3s2)ccc1N.Cl. The van der Waals surface area contributed by atoms with Gasteiger partial charge in [0.15, 0.2) is 0 Å². The van der Waals surface area contributed by atoms with Crippen LogP contribution in [0.4, 0.5) is 10.1 Å². The van der Waals surface area contributed by atoms with Gasteiger partial charge < -0.3 is 17.2 Å². The van der Waals surface area contributed by atoms with Gasteiger partial charge in [-0.1, -0.05) is 0 Å². The van der Waals surface area contributed by atoms with Crippen molar-refractivity contribution < 1.29 is 9.18 Å². The van der Waals surface area contributed by atoms with E-state index in [-0.39, 0.29) is 18.2 Å². The van der Waals surface area contributed by atoms with Crippen molar-refractivity contribution in [1.29, 1.82) is 0 Å². The quantitative estimate of drug-likeness (QED) is 0.591. The highest BCUT2D eigenvalue weighted by Crippen LogP contribution is 2.31. The average Bonchev–Trinajstić information content (AvgIpc) is 2.93. The highest BCUT2D eigenvalue weighted by Gasteiger charge is 2.08. The number of hydrogen-bond acceptors (Lipinski definition) is 5. The van der Waals surface area contributed by atoms with E-state index in [2.05, 4.69) is 10.7 Å². The number of nitrogen functional groups attached to an aromatic ring is 1. The molecule has 0 saturated carbocycles. The number of carbonyl (C=O) groups is 1. The maximum Gasteiger partial charge on any atom is 0.234 e. The van der Waals surface area contributed by atoms with Gasteiger partial charge in [0.25, 0.3) is 0 Å². The fourth-order valence-corrected chi connectivity index (χ4v) is 2.78. The number of nitrogens with zero attached hydrogens (tertiary/aromatic N) is 1. The molecule has 6 N–H and O–H groups in total. The van der Waals surface area contributed by atoms with Gasteiger partial charge >= 0.3 is 0 Å². The van der Waals surface area contributed by atoms with Crippen LogP contribution in [0.5, 0.6) is 0 Å². The van der Waals surface area contributed by atoms with Crippen LogP contribution in [0.2, 0.25) is 0 Å². The van der Waals surface area contributed by atoms with E-state index < -0.39 is 11.9 Å². The van der Waals surface area contributed by atoms with Crippen LogP contribution < -0.4 is 17.2 Å². The lowest BCUT2D eigenvalue weighted by Crippen LogP contribution is -2.32. The predicted octanol–water partition coefficient (Wildman–Crippen LogP) is 3.23. The van der Waals surface area contributed by atoms with E-state index in [1.54, 1.807) is 24.3 Å². The monoisotopic (exact) mass is 382 g/mol. The summed E-state index contributed by atoms with van der Waals surface area (Å²) >= 11 is 1.56. The van der Waals surface area contributed by atoms with Gasteiger partial charge in [0.1, 0.15) is 10.8 Å². The molecular weight excluding hydrogens is 363 g/mol. The summed E-state index contributed by atoms with van der Waals surface area (Å²) in [5, 5.41) is 0.888. The molecule has 1 amide bonds. The van der Waals surface area contributed by atoms with E-state index in [9.17, 15) is 9.18 Å². The molecule has 2 aromatic carbocycles. The first kappa shape index (κ1) is 20.8. The molecule has 0 spiro atoms. The summed E-state index contributed by atoms with van der Waals surface area (Å²) < 4.78 is 14.1. The van der Waals surface area contributed by atoms with Crippen molar-refractivity contribution >= 4 is 45.6 Å². The number of anilines is 1. The molecular formula is C17H20ClFN4OS. The first-order valence-corrected chi connectivity index (χ1v) is 8.07. The first-order valence-electron chi connectivity index (χ1n) is 7.25. The number of fused-ring (bicyclic) bond motifs is 1. The predicted molar refractivity (Wildman–Crippen MR) is 104 cm³/mol. The van der Waals surface area contributed by atoms with Gasteiger partial charge in [-0.3, -0.25) is 4.79 Å². The highest BCUT2D eigenvalue weighted by molar-refractivity contribution is 7.21. The maximum atomic E-state index is 13.1. The normalized spacial score (nSPS) is 11.2. The number of primary amides is 1. The van der Waals surface area contributed by atoms with E-state index in [0.717, 1.165) is 26.5 Å².